The van der Waals surface area contributed by atoms with Crippen LogP contribution in [-0.4, -0.2) is 73.9 Å². The molecule has 2 fully saturated rings. The second-order valence-corrected chi connectivity index (χ2v) is 8.51. The summed E-state index contributed by atoms with van der Waals surface area (Å²) < 4.78 is 6.73. The molecule has 5 heterocycles. The van der Waals surface area contributed by atoms with Crippen molar-refractivity contribution in [1.29, 1.82) is 0 Å². The van der Waals surface area contributed by atoms with Gasteiger partial charge in [0.25, 0.3) is 0 Å². The third-order valence-electron chi connectivity index (χ3n) is 5.92. The van der Waals surface area contributed by atoms with Gasteiger partial charge in [0.05, 0.1) is 23.6 Å². The third-order valence-corrected chi connectivity index (χ3v) is 6.84. The number of fused-ring (bicyclic) bond motifs is 1. The summed E-state index contributed by atoms with van der Waals surface area (Å²) in [6.07, 6.45) is 1.96. The highest BCUT2D eigenvalue weighted by Crippen LogP contribution is 2.34. The normalized spacial score (nSPS) is 17.9. The first-order chi connectivity index (χ1) is 14.3. The quantitative estimate of drug-likeness (QED) is 0.630. The molecule has 0 atom stereocenters. The molecule has 6 nitrogen and oxygen atoms in total. The second-order valence-electron chi connectivity index (χ2n) is 7.60. The molecule has 160 valence electrons. The minimum atomic E-state index is 0. The van der Waals surface area contributed by atoms with E-state index in [1.165, 1.54) is 10.1 Å². The summed E-state index contributed by atoms with van der Waals surface area (Å²) in [6.45, 7) is 11.0. The largest absolute Gasteiger partial charge is 0.378 e. The highest BCUT2D eigenvalue weighted by molar-refractivity contribution is 7.17. The van der Waals surface area contributed by atoms with Gasteiger partial charge in [-0.2, -0.15) is 0 Å². The Kier molecular flexibility index (Phi) is 6.51. The van der Waals surface area contributed by atoms with Crippen molar-refractivity contribution in [3.63, 3.8) is 0 Å². The summed E-state index contributed by atoms with van der Waals surface area (Å²) in [7, 11) is 0. The predicted molar refractivity (Wildman–Crippen MR) is 127 cm³/mol. The SMILES string of the molecule is C.CCN1CCN(c2nc(-c3ccc(N4CCOCC4)nc3)cc3ccsc23)CC1. The summed E-state index contributed by atoms with van der Waals surface area (Å²) in [5.74, 6) is 2.14. The second kappa shape index (κ2) is 9.29. The van der Waals surface area contributed by atoms with Gasteiger partial charge in [-0.3, -0.25) is 0 Å². The fraction of sp³-hybridized carbons (Fsp3) is 0.478. The zero-order valence-corrected chi connectivity index (χ0v) is 17.7. The number of nitrogens with zero attached hydrogens (tertiary/aromatic N) is 5. The molecular formula is C23H31N5OS. The fourth-order valence-corrected chi connectivity index (χ4v) is 5.01. The van der Waals surface area contributed by atoms with E-state index in [9.17, 15) is 0 Å². The minimum Gasteiger partial charge on any atom is -0.378 e. The van der Waals surface area contributed by atoms with Crippen LogP contribution in [0.2, 0.25) is 0 Å². The maximum absolute atomic E-state index is 5.45. The van der Waals surface area contributed by atoms with E-state index in [1.54, 1.807) is 11.3 Å². The zero-order valence-electron chi connectivity index (χ0n) is 16.9. The van der Waals surface area contributed by atoms with Gasteiger partial charge in [0.1, 0.15) is 11.6 Å². The molecule has 2 saturated heterocycles. The monoisotopic (exact) mass is 425 g/mol. The number of anilines is 2. The Hall–Kier alpha value is -2.22. The van der Waals surface area contributed by atoms with Gasteiger partial charge in [0.2, 0.25) is 0 Å². The first kappa shape index (κ1) is 21.0. The molecule has 0 radical (unpaired) electrons. The molecule has 2 aliphatic rings. The molecule has 0 spiro atoms. The Morgan fingerprint density at radius 2 is 1.80 bits per heavy atom. The van der Waals surface area contributed by atoms with Crippen molar-refractivity contribution >= 4 is 33.1 Å². The fourth-order valence-electron chi connectivity index (χ4n) is 4.11. The zero-order chi connectivity index (χ0) is 19.6. The van der Waals surface area contributed by atoms with Crippen LogP contribution in [0.5, 0.6) is 0 Å². The van der Waals surface area contributed by atoms with E-state index < -0.39 is 0 Å². The number of piperazine rings is 1. The molecule has 0 unspecified atom stereocenters. The Bertz CT molecular complexity index is 959. The maximum Gasteiger partial charge on any atom is 0.147 e. The highest BCUT2D eigenvalue weighted by atomic mass is 32.1. The maximum atomic E-state index is 5.45. The molecule has 30 heavy (non-hydrogen) atoms. The van der Waals surface area contributed by atoms with Crippen molar-refractivity contribution in [2.24, 2.45) is 0 Å². The summed E-state index contributed by atoms with van der Waals surface area (Å²) in [5.41, 5.74) is 2.08. The molecule has 0 amide bonds. The van der Waals surface area contributed by atoms with Crippen LogP contribution in [0.3, 0.4) is 0 Å². The van der Waals surface area contributed by atoms with E-state index in [-0.39, 0.29) is 7.43 Å². The lowest BCUT2D eigenvalue weighted by Gasteiger charge is -2.35. The van der Waals surface area contributed by atoms with Gasteiger partial charge in [-0.15, -0.1) is 11.3 Å². The standard InChI is InChI=1S/C22H27N5OS.CH4/c1-2-25-6-8-27(9-7-25)22-21-17(5-14-29-21)15-19(24-22)18-3-4-20(23-16-18)26-10-12-28-13-11-26;/h3-5,14-16H,2,6-13H2,1H3;1H4. The number of rotatable bonds is 4. The van der Waals surface area contributed by atoms with Crippen molar-refractivity contribution in [1.82, 2.24) is 14.9 Å². The average molecular weight is 426 g/mol. The van der Waals surface area contributed by atoms with Gasteiger partial charge in [0.15, 0.2) is 0 Å². The van der Waals surface area contributed by atoms with Crippen LogP contribution in [0.4, 0.5) is 11.6 Å². The smallest absolute Gasteiger partial charge is 0.147 e. The van der Waals surface area contributed by atoms with Crippen LogP contribution in [-0.2, 0) is 4.74 Å². The van der Waals surface area contributed by atoms with Crippen molar-refractivity contribution in [3.8, 4) is 11.3 Å². The first-order valence-electron chi connectivity index (χ1n) is 10.5. The van der Waals surface area contributed by atoms with Crippen molar-refractivity contribution in [2.75, 3.05) is 68.8 Å². The van der Waals surface area contributed by atoms with Crippen LogP contribution in [0, 0.1) is 0 Å². The molecular weight excluding hydrogens is 394 g/mol. The summed E-state index contributed by atoms with van der Waals surface area (Å²) in [6, 6.07) is 8.66. The molecule has 0 saturated carbocycles. The van der Waals surface area contributed by atoms with Gasteiger partial charge in [-0.05, 0) is 41.6 Å². The molecule has 0 aliphatic carbocycles. The lowest BCUT2D eigenvalue weighted by molar-refractivity contribution is 0.122. The lowest BCUT2D eigenvalue weighted by atomic mass is 10.1. The third kappa shape index (κ3) is 4.15. The Morgan fingerprint density at radius 3 is 2.50 bits per heavy atom. The Morgan fingerprint density at radius 1 is 1.00 bits per heavy atom. The minimum absolute atomic E-state index is 0. The summed E-state index contributed by atoms with van der Waals surface area (Å²) >= 11 is 1.79. The molecule has 3 aromatic heterocycles. The van der Waals surface area contributed by atoms with Gasteiger partial charge in [-0.25, -0.2) is 9.97 Å². The molecule has 5 rings (SSSR count). The first-order valence-corrected chi connectivity index (χ1v) is 11.3. The lowest BCUT2D eigenvalue weighted by Crippen LogP contribution is -2.46. The van der Waals surface area contributed by atoms with Crippen LogP contribution in [0.25, 0.3) is 21.3 Å². The number of ether oxygens (including phenoxy) is 1. The summed E-state index contributed by atoms with van der Waals surface area (Å²) in [4.78, 5) is 17.1. The molecule has 0 bridgehead atoms. The topological polar surface area (TPSA) is 44.7 Å². The van der Waals surface area contributed by atoms with Gasteiger partial charge in [0, 0.05) is 51.0 Å². The van der Waals surface area contributed by atoms with Gasteiger partial charge < -0.3 is 19.4 Å². The van der Waals surface area contributed by atoms with Crippen LogP contribution in [0.1, 0.15) is 14.4 Å². The summed E-state index contributed by atoms with van der Waals surface area (Å²) in [5, 5.41) is 3.44. The number of hydrogen-bond donors (Lipinski definition) is 0. The molecule has 7 heteroatoms. The van der Waals surface area contributed by atoms with Crippen LogP contribution in [0.15, 0.2) is 35.8 Å². The number of morpholine rings is 1. The van der Waals surface area contributed by atoms with E-state index in [2.05, 4.69) is 51.3 Å². The van der Waals surface area contributed by atoms with Crippen LogP contribution < -0.4 is 9.80 Å². The van der Waals surface area contributed by atoms with Crippen molar-refractivity contribution in [2.45, 2.75) is 14.4 Å². The molecule has 0 aromatic carbocycles. The molecule has 2 aliphatic heterocycles. The van der Waals surface area contributed by atoms with E-state index >= 15 is 0 Å². The van der Waals surface area contributed by atoms with Crippen molar-refractivity contribution < 1.29 is 4.74 Å². The number of thiophene rings is 1. The van der Waals surface area contributed by atoms with E-state index in [1.807, 2.05) is 6.20 Å². The van der Waals surface area contributed by atoms with E-state index in [0.717, 1.165) is 81.9 Å². The van der Waals surface area contributed by atoms with Crippen molar-refractivity contribution in [3.05, 3.63) is 35.8 Å². The number of pyridine rings is 2. The van der Waals surface area contributed by atoms with E-state index in [4.69, 9.17) is 14.7 Å². The Labute approximate surface area is 183 Å². The van der Waals surface area contributed by atoms with Gasteiger partial charge in [-0.1, -0.05) is 14.4 Å². The average Bonchev–Trinajstić information content (AvgIpc) is 3.28. The number of likely N-dealkylation sites (N-methyl/N-ethyl adjacent to an activating group) is 1. The number of hydrogen-bond acceptors (Lipinski definition) is 7. The molecule has 3 aromatic rings. The number of aromatic nitrogens is 2. The highest BCUT2D eigenvalue weighted by Gasteiger charge is 2.21. The predicted octanol–water partition coefficient (Wildman–Crippen LogP) is 3.97. The molecule has 0 N–H and O–H groups in total. The van der Waals surface area contributed by atoms with E-state index in [0.29, 0.717) is 0 Å². The Balaban J connectivity index is 0.00000218. The van der Waals surface area contributed by atoms with Crippen LogP contribution >= 0.6 is 11.3 Å². The van der Waals surface area contributed by atoms with Gasteiger partial charge >= 0.3 is 0 Å².